The number of pyridine rings is 1. The number of aromatic hydroxyl groups is 1. The average Bonchev–Trinajstić information content (AvgIpc) is 2.52. The molecule has 1 atom stereocenters. The van der Waals surface area contributed by atoms with Gasteiger partial charge in [-0.15, -0.1) is 0 Å². The first-order chi connectivity index (χ1) is 6.29. The Balaban J connectivity index is 2.29. The van der Waals surface area contributed by atoms with Crippen molar-refractivity contribution in [2.45, 2.75) is 18.9 Å². The summed E-state index contributed by atoms with van der Waals surface area (Å²) in [6.45, 7) is 1.11. The quantitative estimate of drug-likeness (QED) is 0.709. The zero-order valence-electron chi connectivity index (χ0n) is 7.77. The molecule has 1 aliphatic rings. The summed E-state index contributed by atoms with van der Waals surface area (Å²) in [4.78, 5) is 6.15. The van der Waals surface area contributed by atoms with Crippen LogP contribution in [-0.4, -0.2) is 28.6 Å². The minimum Gasteiger partial charge on any atom is -0.493 e. The largest absolute Gasteiger partial charge is 0.493 e. The molecule has 1 fully saturated rings. The van der Waals surface area contributed by atoms with Crippen molar-refractivity contribution in [3.8, 4) is 5.88 Å². The molecule has 70 valence electrons. The van der Waals surface area contributed by atoms with Crippen molar-refractivity contribution in [3.63, 3.8) is 0 Å². The highest BCUT2D eigenvalue weighted by atomic mass is 16.3. The fourth-order valence-electron chi connectivity index (χ4n) is 1.97. The Morgan fingerprint density at radius 2 is 2.46 bits per heavy atom. The highest BCUT2D eigenvalue weighted by molar-refractivity contribution is 5.28. The van der Waals surface area contributed by atoms with E-state index in [9.17, 15) is 5.11 Å². The van der Waals surface area contributed by atoms with Gasteiger partial charge in [0.2, 0.25) is 5.88 Å². The van der Waals surface area contributed by atoms with Crippen molar-refractivity contribution >= 4 is 0 Å². The second-order valence-corrected chi connectivity index (χ2v) is 3.55. The third kappa shape index (κ3) is 1.52. The van der Waals surface area contributed by atoms with Crippen LogP contribution in [0.4, 0.5) is 0 Å². The van der Waals surface area contributed by atoms with Crippen LogP contribution >= 0.6 is 0 Å². The molecule has 3 heteroatoms. The van der Waals surface area contributed by atoms with Crippen LogP contribution in [0.1, 0.15) is 24.4 Å². The smallest absolute Gasteiger partial charge is 0.215 e. The summed E-state index contributed by atoms with van der Waals surface area (Å²) in [5.74, 6) is 0.182. The Morgan fingerprint density at radius 3 is 3.08 bits per heavy atom. The van der Waals surface area contributed by atoms with E-state index in [1.807, 2.05) is 12.1 Å². The molecule has 2 rings (SSSR count). The van der Waals surface area contributed by atoms with Crippen molar-refractivity contribution < 1.29 is 5.11 Å². The first kappa shape index (κ1) is 8.51. The Bertz CT molecular complexity index is 301. The van der Waals surface area contributed by atoms with Crippen LogP contribution in [0.3, 0.4) is 0 Å². The van der Waals surface area contributed by atoms with E-state index in [-0.39, 0.29) is 5.88 Å². The van der Waals surface area contributed by atoms with Crippen molar-refractivity contribution in [2.75, 3.05) is 13.6 Å². The molecular formula is C10H14N2O. The van der Waals surface area contributed by atoms with Gasteiger partial charge in [0.25, 0.3) is 0 Å². The summed E-state index contributed by atoms with van der Waals surface area (Å²) >= 11 is 0. The fraction of sp³-hybridized carbons (Fsp3) is 0.500. The Labute approximate surface area is 78.0 Å². The topological polar surface area (TPSA) is 36.4 Å². The molecule has 1 N–H and O–H groups in total. The molecule has 0 aromatic carbocycles. The molecule has 3 nitrogen and oxygen atoms in total. The molecule has 0 saturated carbocycles. The van der Waals surface area contributed by atoms with Gasteiger partial charge in [0.1, 0.15) is 0 Å². The highest BCUT2D eigenvalue weighted by Gasteiger charge is 2.24. The highest BCUT2D eigenvalue weighted by Crippen LogP contribution is 2.33. The molecule has 0 aliphatic carbocycles. The first-order valence-electron chi connectivity index (χ1n) is 4.63. The third-order valence-electron chi connectivity index (χ3n) is 2.70. The van der Waals surface area contributed by atoms with Gasteiger partial charge in [0.05, 0.1) is 0 Å². The maximum atomic E-state index is 9.55. The van der Waals surface area contributed by atoms with E-state index in [1.165, 1.54) is 6.42 Å². The van der Waals surface area contributed by atoms with Crippen molar-refractivity contribution in [3.05, 3.63) is 23.9 Å². The maximum Gasteiger partial charge on any atom is 0.215 e. The van der Waals surface area contributed by atoms with E-state index in [0.29, 0.717) is 6.04 Å². The van der Waals surface area contributed by atoms with Crippen molar-refractivity contribution in [2.24, 2.45) is 0 Å². The number of hydrogen-bond acceptors (Lipinski definition) is 3. The Kier molecular flexibility index (Phi) is 2.19. The molecule has 1 aromatic rings. The average molecular weight is 178 g/mol. The summed E-state index contributed by atoms with van der Waals surface area (Å²) in [6.07, 6.45) is 3.94. The lowest BCUT2D eigenvalue weighted by molar-refractivity contribution is 0.306. The molecule has 2 heterocycles. The van der Waals surface area contributed by atoms with E-state index in [0.717, 1.165) is 18.5 Å². The lowest BCUT2D eigenvalue weighted by atomic mass is 10.1. The predicted molar refractivity (Wildman–Crippen MR) is 50.5 cm³/mol. The van der Waals surface area contributed by atoms with Crippen LogP contribution in [0.2, 0.25) is 0 Å². The zero-order valence-corrected chi connectivity index (χ0v) is 7.77. The maximum absolute atomic E-state index is 9.55. The molecular weight excluding hydrogens is 164 g/mol. The van der Waals surface area contributed by atoms with Gasteiger partial charge in [-0.25, -0.2) is 4.98 Å². The van der Waals surface area contributed by atoms with Gasteiger partial charge in [0, 0.05) is 17.8 Å². The van der Waals surface area contributed by atoms with Gasteiger partial charge in [-0.2, -0.15) is 0 Å². The molecule has 13 heavy (non-hydrogen) atoms. The SMILES string of the molecule is CN1CCC[C@H]1c1cccnc1O. The molecule has 1 aliphatic heterocycles. The molecule has 0 amide bonds. The van der Waals surface area contributed by atoms with Crippen LogP contribution in [0.25, 0.3) is 0 Å². The Morgan fingerprint density at radius 1 is 1.62 bits per heavy atom. The number of hydrogen-bond donors (Lipinski definition) is 1. The molecule has 1 saturated heterocycles. The van der Waals surface area contributed by atoms with Crippen LogP contribution in [0, 0.1) is 0 Å². The second kappa shape index (κ2) is 3.34. The number of nitrogens with zero attached hydrogens (tertiary/aromatic N) is 2. The number of aromatic nitrogens is 1. The van der Waals surface area contributed by atoms with Crippen LogP contribution in [0.5, 0.6) is 5.88 Å². The summed E-state index contributed by atoms with van der Waals surface area (Å²) < 4.78 is 0. The monoisotopic (exact) mass is 178 g/mol. The number of rotatable bonds is 1. The second-order valence-electron chi connectivity index (χ2n) is 3.55. The standard InChI is InChI=1S/C10H14N2O/c1-12-7-3-5-9(12)8-4-2-6-11-10(8)13/h2,4,6,9H,3,5,7H2,1H3,(H,11,13)/t9-/m0/s1. The lowest BCUT2D eigenvalue weighted by Gasteiger charge is -2.19. The minimum atomic E-state index is 0.182. The van der Waals surface area contributed by atoms with Gasteiger partial charge in [-0.3, -0.25) is 4.90 Å². The van der Waals surface area contributed by atoms with E-state index in [4.69, 9.17) is 0 Å². The van der Waals surface area contributed by atoms with Crippen LogP contribution < -0.4 is 0 Å². The fourth-order valence-corrected chi connectivity index (χ4v) is 1.97. The van der Waals surface area contributed by atoms with E-state index in [1.54, 1.807) is 6.20 Å². The van der Waals surface area contributed by atoms with Gasteiger partial charge in [-0.1, -0.05) is 6.07 Å². The summed E-state index contributed by atoms with van der Waals surface area (Å²) in [5, 5.41) is 9.55. The lowest BCUT2D eigenvalue weighted by Crippen LogP contribution is -2.17. The third-order valence-corrected chi connectivity index (χ3v) is 2.70. The van der Waals surface area contributed by atoms with Gasteiger partial charge in [-0.05, 0) is 32.5 Å². The summed E-state index contributed by atoms with van der Waals surface area (Å²) in [7, 11) is 2.09. The predicted octanol–water partition coefficient (Wildman–Crippen LogP) is 1.55. The van der Waals surface area contributed by atoms with Crippen LogP contribution in [-0.2, 0) is 0 Å². The molecule has 1 aromatic heterocycles. The zero-order chi connectivity index (χ0) is 9.26. The van der Waals surface area contributed by atoms with E-state index in [2.05, 4.69) is 16.9 Å². The minimum absolute atomic E-state index is 0.182. The first-order valence-corrected chi connectivity index (χ1v) is 4.63. The summed E-state index contributed by atoms with van der Waals surface area (Å²) in [5.41, 5.74) is 0.961. The number of likely N-dealkylation sites (tertiary alicyclic amines) is 1. The molecule has 0 bridgehead atoms. The normalized spacial score (nSPS) is 23.6. The van der Waals surface area contributed by atoms with Crippen molar-refractivity contribution in [1.82, 2.24) is 9.88 Å². The van der Waals surface area contributed by atoms with E-state index >= 15 is 0 Å². The molecule has 0 spiro atoms. The van der Waals surface area contributed by atoms with Gasteiger partial charge < -0.3 is 5.11 Å². The molecule has 0 radical (unpaired) electrons. The molecule has 0 unspecified atom stereocenters. The van der Waals surface area contributed by atoms with Crippen LogP contribution in [0.15, 0.2) is 18.3 Å². The summed E-state index contributed by atoms with van der Waals surface area (Å²) in [6, 6.07) is 4.18. The van der Waals surface area contributed by atoms with Gasteiger partial charge in [0.15, 0.2) is 0 Å². The van der Waals surface area contributed by atoms with Crippen molar-refractivity contribution in [1.29, 1.82) is 0 Å². The van der Waals surface area contributed by atoms with E-state index < -0.39 is 0 Å². The Hall–Kier alpha value is -1.09. The van der Waals surface area contributed by atoms with Gasteiger partial charge >= 0.3 is 0 Å².